The molecule has 0 saturated carbocycles. The van der Waals surface area contributed by atoms with Crippen molar-refractivity contribution in [1.82, 2.24) is 5.32 Å². The first kappa shape index (κ1) is 12.8. The normalized spacial score (nSPS) is 11.4. The van der Waals surface area contributed by atoms with Crippen molar-refractivity contribution in [2.24, 2.45) is 5.73 Å². The van der Waals surface area contributed by atoms with Gasteiger partial charge in [0, 0.05) is 11.6 Å². The average Bonchev–Trinajstić information content (AvgIpc) is 2.74. The molecule has 0 fully saturated rings. The van der Waals surface area contributed by atoms with Crippen LogP contribution in [0.5, 0.6) is 0 Å². The summed E-state index contributed by atoms with van der Waals surface area (Å²) in [6.45, 7) is 4.33. The van der Waals surface area contributed by atoms with E-state index in [9.17, 15) is 4.79 Å². The smallest absolute Gasteiger partial charge is 0.262 e. The first-order valence-corrected chi connectivity index (χ1v) is 6.14. The van der Waals surface area contributed by atoms with Crippen LogP contribution in [0.2, 0.25) is 0 Å². The van der Waals surface area contributed by atoms with Gasteiger partial charge in [-0.2, -0.15) is 0 Å². The molecule has 1 heterocycles. The molecule has 1 unspecified atom stereocenters. The van der Waals surface area contributed by atoms with E-state index in [4.69, 9.17) is 5.73 Å². The minimum Gasteiger partial charge on any atom is -0.349 e. The minimum atomic E-state index is -0.0503. The Balaban J connectivity index is 2.79. The number of hydrogen-bond acceptors (Lipinski definition) is 3. The molecule has 1 rings (SSSR count). The van der Waals surface area contributed by atoms with Crippen molar-refractivity contribution in [1.29, 1.82) is 0 Å². The molecule has 0 aliphatic carbocycles. The highest BCUT2D eigenvalue weighted by atomic mass is 32.1. The molecule has 1 atom stereocenters. The van der Waals surface area contributed by atoms with Crippen LogP contribution in [-0.2, 0) is 0 Å². The van der Waals surface area contributed by atoms with Crippen LogP contribution in [0.25, 0.3) is 0 Å². The van der Waals surface area contributed by atoms with E-state index in [1.54, 1.807) is 0 Å². The molecule has 4 heteroatoms. The predicted octanol–water partition coefficient (Wildman–Crippen LogP) is 1.59. The Hall–Kier alpha value is -1.31. The van der Waals surface area contributed by atoms with E-state index in [-0.39, 0.29) is 11.9 Å². The molecule has 16 heavy (non-hydrogen) atoms. The van der Waals surface area contributed by atoms with E-state index in [2.05, 4.69) is 17.2 Å². The lowest BCUT2D eigenvalue weighted by atomic mass is 10.2. The van der Waals surface area contributed by atoms with Gasteiger partial charge in [-0.15, -0.1) is 11.3 Å². The Bertz CT molecular complexity index is 414. The van der Waals surface area contributed by atoms with Crippen molar-refractivity contribution in [2.75, 3.05) is 6.54 Å². The van der Waals surface area contributed by atoms with Gasteiger partial charge in [0.15, 0.2) is 0 Å². The molecule has 0 aliphatic heterocycles. The van der Waals surface area contributed by atoms with Gasteiger partial charge < -0.3 is 11.1 Å². The second kappa shape index (κ2) is 6.31. The molecule has 1 aromatic heterocycles. The van der Waals surface area contributed by atoms with Crippen LogP contribution in [0.4, 0.5) is 0 Å². The van der Waals surface area contributed by atoms with E-state index < -0.39 is 0 Å². The molecule has 0 bridgehead atoms. The van der Waals surface area contributed by atoms with Crippen molar-refractivity contribution in [2.45, 2.75) is 26.3 Å². The Morgan fingerprint density at radius 3 is 3.06 bits per heavy atom. The first-order chi connectivity index (χ1) is 7.69. The SMILES string of the molecule is CCC(C)NC(=O)c1sccc1C#CCN. The van der Waals surface area contributed by atoms with Crippen LogP contribution >= 0.6 is 11.3 Å². The highest BCUT2D eigenvalue weighted by Gasteiger charge is 2.13. The van der Waals surface area contributed by atoms with Crippen molar-refractivity contribution >= 4 is 17.2 Å². The zero-order valence-corrected chi connectivity index (χ0v) is 10.4. The number of nitrogens with two attached hydrogens (primary N) is 1. The Morgan fingerprint density at radius 2 is 2.44 bits per heavy atom. The number of carbonyl (C=O) groups is 1. The van der Waals surface area contributed by atoms with Gasteiger partial charge in [-0.1, -0.05) is 18.8 Å². The summed E-state index contributed by atoms with van der Waals surface area (Å²) in [5, 5.41) is 4.79. The fourth-order valence-corrected chi connectivity index (χ4v) is 1.87. The number of amides is 1. The third-order valence-corrected chi connectivity index (χ3v) is 3.10. The maximum absolute atomic E-state index is 11.9. The molecule has 86 valence electrons. The molecule has 1 aromatic rings. The summed E-state index contributed by atoms with van der Waals surface area (Å²) >= 11 is 1.41. The zero-order chi connectivity index (χ0) is 12.0. The summed E-state index contributed by atoms with van der Waals surface area (Å²) in [4.78, 5) is 12.5. The van der Waals surface area contributed by atoms with E-state index in [0.29, 0.717) is 11.4 Å². The van der Waals surface area contributed by atoms with Gasteiger partial charge >= 0.3 is 0 Å². The molecule has 0 spiro atoms. The summed E-state index contributed by atoms with van der Waals surface area (Å²) < 4.78 is 0. The lowest BCUT2D eigenvalue weighted by molar-refractivity contribution is 0.0943. The largest absolute Gasteiger partial charge is 0.349 e. The summed E-state index contributed by atoms with van der Waals surface area (Å²) in [6, 6.07) is 2.03. The highest BCUT2D eigenvalue weighted by Crippen LogP contribution is 2.15. The van der Waals surface area contributed by atoms with Crippen LogP contribution < -0.4 is 11.1 Å². The van der Waals surface area contributed by atoms with E-state index in [1.807, 2.05) is 25.3 Å². The van der Waals surface area contributed by atoms with Crippen LogP contribution in [0.3, 0.4) is 0 Å². The van der Waals surface area contributed by atoms with Crippen LogP contribution in [0.15, 0.2) is 11.4 Å². The number of nitrogens with one attached hydrogen (secondary N) is 1. The molecule has 0 saturated heterocycles. The zero-order valence-electron chi connectivity index (χ0n) is 9.54. The summed E-state index contributed by atoms with van der Waals surface area (Å²) in [5.74, 6) is 5.61. The summed E-state index contributed by atoms with van der Waals surface area (Å²) in [6.07, 6.45) is 0.918. The molecule has 1 amide bonds. The van der Waals surface area contributed by atoms with E-state index in [0.717, 1.165) is 12.0 Å². The minimum absolute atomic E-state index is 0.0503. The quantitative estimate of drug-likeness (QED) is 0.783. The van der Waals surface area contributed by atoms with Crippen LogP contribution in [-0.4, -0.2) is 18.5 Å². The van der Waals surface area contributed by atoms with Crippen LogP contribution in [0, 0.1) is 11.8 Å². The lowest BCUT2D eigenvalue weighted by Gasteiger charge is -2.10. The highest BCUT2D eigenvalue weighted by molar-refractivity contribution is 7.12. The van der Waals surface area contributed by atoms with Gasteiger partial charge in [0.25, 0.3) is 5.91 Å². The Labute approximate surface area is 100 Å². The maximum atomic E-state index is 11.9. The lowest BCUT2D eigenvalue weighted by Crippen LogP contribution is -2.31. The van der Waals surface area contributed by atoms with Crippen molar-refractivity contribution in [3.05, 3.63) is 21.9 Å². The van der Waals surface area contributed by atoms with Crippen molar-refractivity contribution in [3.8, 4) is 11.8 Å². The van der Waals surface area contributed by atoms with Gasteiger partial charge in [-0.3, -0.25) is 4.79 Å². The third kappa shape index (κ3) is 3.37. The van der Waals surface area contributed by atoms with Crippen LogP contribution in [0.1, 0.15) is 35.5 Å². The molecular formula is C12H16N2OS. The average molecular weight is 236 g/mol. The standard InChI is InChI=1S/C12H16N2OS/c1-3-9(2)14-12(15)11-10(5-4-7-13)6-8-16-11/h6,8-9H,3,7,13H2,1-2H3,(H,14,15). The van der Waals surface area contributed by atoms with Gasteiger partial charge in [0.05, 0.1) is 6.54 Å². The van der Waals surface area contributed by atoms with E-state index in [1.165, 1.54) is 11.3 Å². The van der Waals surface area contributed by atoms with E-state index >= 15 is 0 Å². The van der Waals surface area contributed by atoms with Gasteiger partial charge in [-0.05, 0) is 24.8 Å². The molecule has 0 aromatic carbocycles. The van der Waals surface area contributed by atoms with Gasteiger partial charge in [0.1, 0.15) is 4.88 Å². The molecule has 3 nitrogen and oxygen atoms in total. The maximum Gasteiger partial charge on any atom is 0.262 e. The van der Waals surface area contributed by atoms with Gasteiger partial charge in [0.2, 0.25) is 0 Å². The monoisotopic (exact) mass is 236 g/mol. The fraction of sp³-hybridized carbons (Fsp3) is 0.417. The molecule has 3 N–H and O–H groups in total. The number of rotatable bonds is 3. The second-order valence-electron chi connectivity index (χ2n) is 3.45. The second-order valence-corrected chi connectivity index (χ2v) is 4.37. The summed E-state index contributed by atoms with van der Waals surface area (Å²) in [5.41, 5.74) is 6.06. The van der Waals surface area contributed by atoms with Gasteiger partial charge in [-0.25, -0.2) is 0 Å². The third-order valence-electron chi connectivity index (χ3n) is 2.19. The van der Waals surface area contributed by atoms with Crippen molar-refractivity contribution < 1.29 is 4.79 Å². The predicted molar refractivity (Wildman–Crippen MR) is 67.5 cm³/mol. The Kier molecular flexibility index (Phi) is 5.03. The molecular weight excluding hydrogens is 220 g/mol. The molecule has 0 radical (unpaired) electrons. The molecule has 0 aliphatic rings. The fourth-order valence-electron chi connectivity index (χ4n) is 1.12. The Morgan fingerprint density at radius 1 is 1.69 bits per heavy atom. The number of thiophene rings is 1. The number of hydrogen-bond donors (Lipinski definition) is 2. The first-order valence-electron chi connectivity index (χ1n) is 5.26. The number of carbonyl (C=O) groups excluding carboxylic acids is 1. The topological polar surface area (TPSA) is 55.1 Å². The summed E-state index contributed by atoms with van der Waals surface area (Å²) in [7, 11) is 0. The van der Waals surface area contributed by atoms with Crippen molar-refractivity contribution in [3.63, 3.8) is 0 Å².